The second kappa shape index (κ2) is 6.93. The number of halogens is 3. The van der Waals surface area contributed by atoms with E-state index in [1.54, 1.807) is 18.5 Å². The summed E-state index contributed by atoms with van der Waals surface area (Å²) in [6.07, 6.45) is 0.926. The summed E-state index contributed by atoms with van der Waals surface area (Å²) in [7, 11) is 1.86. The minimum atomic E-state index is -4.32. The number of hydrogen-bond donors (Lipinski definition) is 1. The standard InChI is InChI=1S/C17H21F3N4/c1-24-11-22-23-16(24)10-21-15-9-5-3-7-13(15)12-6-2-4-8-14(12)17(18,19)20/h2,4,6,8,11,13,15,21H,3,5,7,9-10H2,1H3/t13-,15+/m0/s1. The first kappa shape index (κ1) is 17.0. The molecule has 1 aromatic carbocycles. The molecule has 1 aromatic heterocycles. The maximum atomic E-state index is 13.4. The van der Waals surface area contributed by atoms with E-state index >= 15 is 0 Å². The number of aromatic nitrogens is 3. The van der Waals surface area contributed by atoms with Crippen LogP contribution in [0.25, 0.3) is 0 Å². The van der Waals surface area contributed by atoms with Crippen LogP contribution >= 0.6 is 0 Å². The molecule has 7 heteroatoms. The number of benzene rings is 1. The van der Waals surface area contributed by atoms with E-state index in [0.29, 0.717) is 12.1 Å². The van der Waals surface area contributed by atoms with Crippen molar-refractivity contribution in [2.75, 3.05) is 0 Å². The Labute approximate surface area is 139 Å². The molecule has 1 saturated carbocycles. The number of aryl methyl sites for hydroxylation is 1. The SMILES string of the molecule is Cn1cnnc1CN[C@@H]1CCCC[C@H]1c1ccccc1C(F)(F)F. The first-order valence-corrected chi connectivity index (χ1v) is 8.19. The zero-order valence-electron chi connectivity index (χ0n) is 13.6. The molecular weight excluding hydrogens is 317 g/mol. The first-order chi connectivity index (χ1) is 11.5. The summed E-state index contributed by atoms with van der Waals surface area (Å²) in [4.78, 5) is 0. The lowest BCUT2D eigenvalue weighted by atomic mass is 9.78. The van der Waals surface area contributed by atoms with Gasteiger partial charge in [-0.15, -0.1) is 10.2 Å². The van der Waals surface area contributed by atoms with Crippen LogP contribution in [0.2, 0.25) is 0 Å². The van der Waals surface area contributed by atoms with E-state index in [4.69, 9.17) is 0 Å². The summed E-state index contributed by atoms with van der Waals surface area (Å²) in [5.41, 5.74) is -0.109. The summed E-state index contributed by atoms with van der Waals surface area (Å²) in [6, 6.07) is 5.97. The molecule has 0 unspecified atom stereocenters. The van der Waals surface area contributed by atoms with E-state index in [2.05, 4.69) is 15.5 Å². The minimum absolute atomic E-state index is 0.0129. The third kappa shape index (κ3) is 3.61. The Morgan fingerprint density at radius 3 is 2.67 bits per heavy atom. The highest BCUT2D eigenvalue weighted by Gasteiger charge is 2.37. The lowest BCUT2D eigenvalue weighted by Crippen LogP contribution is -2.38. The van der Waals surface area contributed by atoms with Gasteiger partial charge in [-0.3, -0.25) is 0 Å². The van der Waals surface area contributed by atoms with Gasteiger partial charge in [0.15, 0.2) is 0 Å². The maximum absolute atomic E-state index is 13.4. The van der Waals surface area contributed by atoms with Gasteiger partial charge >= 0.3 is 6.18 Å². The Hall–Kier alpha value is -1.89. The fourth-order valence-corrected chi connectivity index (χ4v) is 3.52. The van der Waals surface area contributed by atoms with Crippen molar-refractivity contribution in [2.45, 2.75) is 50.4 Å². The summed E-state index contributed by atoms with van der Waals surface area (Å²) in [6.45, 7) is 0.506. The summed E-state index contributed by atoms with van der Waals surface area (Å²) in [5, 5.41) is 11.3. The molecule has 0 saturated heterocycles. The molecule has 0 amide bonds. The molecule has 0 aliphatic heterocycles. The van der Waals surface area contributed by atoms with Crippen molar-refractivity contribution in [3.05, 3.63) is 47.5 Å². The van der Waals surface area contributed by atoms with E-state index in [-0.39, 0.29) is 12.0 Å². The molecule has 4 nitrogen and oxygen atoms in total. The van der Waals surface area contributed by atoms with Crippen molar-refractivity contribution in [1.82, 2.24) is 20.1 Å². The monoisotopic (exact) mass is 338 g/mol. The van der Waals surface area contributed by atoms with Crippen LogP contribution < -0.4 is 5.32 Å². The molecule has 0 spiro atoms. The summed E-state index contributed by atoms with van der Waals surface area (Å²) >= 11 is 0. The van der Waals surface area contributed by atoms with Gasteiger partial charge in [0, 0.05) is 13.1 Å². The molecule has 1 N–H and O–H groups in total. The van der Waals surface area contributed by atoms with E-state index in [1.807, 2.05) is 11.6 Å². The minimum Gasteiger partial charge on any atom is -0.320 e. The predicted molar refractivity (Wildman–Crippen MR) is 84.3 cm³/mol. The van der Waals surface area contributed by atoms with E-state index < -0.39 is 11.7 Å². The third-order valence-electron chi connectivity index (χ3n) is 4.76. The molecule has 1 aliphatic rings. The van der Waals surface area contributed by atoms with Gasteiger partial charge in [-0.1, -0.05) is 31.0 Å². The molecule has 3 rings (SSSR count). The van der Waals surface area contributed by atoms with Gasteiger partial charge in [-0.2, -0.15) is 13.2 Å². The second-order valence-electron chi connectivity index (χ2n) is 6.32. The lowest BCUT2D eigenvalue weighted by molar-refractivity contribution is -0.138. The molecule has 1 fully saturated rings. The second-order valence-corrected chi connectivity index (χ2v) is 6.32. The van der Waals surface area contributed by atoms with Crippen molar-refractivity contribution in [3.8, 4) is 0 Å². The normalized spacial score (nSPS) is 21.8. The highest BCUT2D eigenvalue weighted by Crippen LogP contribution is 2.40. The van der Waals surface area contributed by atoms with Crippen LogP contribution in [0, 0.1) is 0 Å². The Bertz CT molecular complexity index is 680. The third-order valence-corrected chi connectivity index (χ3v) is 4.76. The van der Waals surface area contributed by atoms with Gasteiger partial charge in [0.05, 0.1) is 12.1 Å². The lowest BCUT2D eigenvalue weighted by Gasteiger charge is -2.34. The topological polar surface area (TPSA) is 42.7 Å². The maximum Gasteiger partial charge on any atom is 0.416 e. The zero-order chi connectivity index (χ0) is 17.2. The van der Waals surface area contributed by atoms with Crippen LogP contribution in [0.15, 0.2) is 30.6 Å². The zero-order valence-corrected chi connectivity index (χ0v) is 13.6. The molecule has 24 heavy (non-hydrogen) atoms. The Morgan fingerprint density at radius 1 is 1.21 bits per heavy atom. The molecular formula is C17H21F3N4. The van der Waals surface area contributed by atoms with Crippen LogP contribution in [-0.2, 0) is 19.8 Å². The average Bonchev–Trinajstić information content (AvgIpc) is 2.97. The van der Waals surface area contributed by atoms with Crippen LogP contribution in [0.3, 0.4) is 0 Å². The molecule has 2 aromatic rings. The van der Waals surface area contributed by atoms with E-state index in [9.17, 15) is 13.2 Å². The number of alkyl halides is 3. The van der Waals surface area contributed by atoms with Gasteiger partial charge < -0.3 is 9.88 Å². The van der Waals surface area contributed by atoms with Crippen molar-refractivity contribution >= 4 is 0 Å². The fourth-order valence-electron chi connectivity index (χ4n) is 3.52. The first-order valence-electron chi connectivity index (χ1n) is 8.19. The highest BCUT2D eigenvalue weighted by atomic mass is 19.4. The fraction of sp³-hybridized carbons (Fsp3) is 0.529. The number of nitrogens with zero attached hydrogens (tertiary/aromatic N) is 3. The average molecular weight is 338 g/mol. The summed E-state index contributed by atoms with van der Waals surface area (Å²) in [5.74, 6) is 0.647. The molecule has 0 bridgehead atoms. The van der Waals surface area contributed by atoms with Gasteiger partial charge in [0.2, 0.25) is 0 Å². The van der Waals surface area contributed by atoms with Crippen molar-refractivity contribution < 1.29 is 13.2 Å². The van der Waals surface area contributed by atoms with Crippen LogP contribution in [0.1, 0.15) is 48.6 Å². The van der Waals surface area contributed by atoms with E-state index in [0.717, 1.165) is 31.5 Å². The van der Waals surface area contributed by atoms with Crippen LogP contribution in [0.4, 0.5) is 13.2 Å². The van der Waals surface area contributed by atoms with E-state index in [1.165, 1.54) is 12.1 Å². The predicted octanol–water partition coefficient (Wildman–Crippen LogP) is 3.65. The van der Waals surface area contributed by atoms with Gasteiger partial charge in [-0.05, 0) is 30.4 Å². The molecule has 2 atom stereocenters. The highest BCUT2D eigenvalue weighted by molar-refractivity contribution is 5.34. The van der Waals surface area contributed by atoms with Crippen molar-refractivity contribution in [1.29, 1.82) is 0 Å². The van der Waals surface area contributed by atoms with Crippen molar-refractivity contribution in [3.63, 3.8) is 0 Å². The summed E-state index contributed by atoms with van der Waals surface area (Å²) < 4.78 is 41.9. The smallest absolute Gasteiger partial charge is 0.320 e. The Balaban J connectivity index is 1.81. The number of nitrogens with one attached hydrogen (secondary N) is 1. The quantitative estimate of drug-likeness (QED) is 0.925. The molecule has 1 heterocycles. The Kier molecular flexibility index (Phi) is 4.89. The Morgan fingerprint density at radius 2 is 1.96 bits per heavy atom. The van der Waals surface area contributed by atoms with Gasteiger partial charge in [-0.25, -0.2) is 0 Å². The van der Waals surface area contributed by atoms with Crippen molar-refractivity contribution in [2.24, 2.45) is 7.05 Å². The van der Waals surface area contributed by atoms with Gasteiger partial charge in [0.1, 0.15) is 12.2 Å². The molecule has 1 aliphatic carbocycles. The number of hydrogen-bond acceptors (Lipinski definition) is 3. The van der Waals surface area contributed by atoms with Crippen LogP contribution in [-0.4, -0.2) is 20.8 Å². The number of rotatable bonds is 4. The molecule has 130 valence electrons. The molecule has 0 radical (unpaired) electrons. The van der Waals surface area contributed by atoms with Gasteiger partial charge in [0.25, 0.3) is 0 Å². The van der Waals surface area contributed by atoms with Crippen LogP contribution in [0.5, 0.6) is 0 Å². The largest absolute Gasteiger partial charge is 0.416 e.